The van der Waals surface area contributed by atoms with E-state index >= 15 is 0 Å². The third kappa shape index (κ3) is 3.16. The van der Waals surface area contributed by atoms with Gasteiger partial charge in [-0.25, -0.2) is 4.39 Å². The molecule has 1 aromatic carbocycles. The molecule has 0 spiro atoms. The molecule has 0 aliphatic heterocycles. The number of hydrogen-bond acceptors (Lipinski definition) is 2. The lowest BCUT2D eigenvalue weighted by Crippen LogP contribution is -2.41. The summed E-state index contributed by atoms with van der Waals surface area (Å²) in [4.78, 5) is 0. The summed E-state index contributed by atoms with van der Waals surface area (Å²) in [7, 11) is 0. The van der Waals surface area contributed by atoms with E-state index in [1.54, 1.807) is 6.07 Å². The fourth-order valence-corrected chi connectivity index (χ4v) is 3.33. The molecular formula is C16H23ClFNO. The zero-order valence-corrected chi connectivity index (χ0v) is 12.9. The molecule has 0 bridgehead atoms. The molecule has 0 aromatic heterocycles. The minimum absolute atomic E-state index is 0.290. The summed E-state index contributed by atoms with van der Waals surface area (Å²) in [5, 5.41) is 11.0. The van der Waals surface area contributed by atoms with Crippen LogP contribution >= 0.6 is 11.6 Å². The first-order valence-corrected chi connectivity index (χ1v) is 7.50. The number of halogens is 2. The fourth-order valence-electron chi connectivity index (χ4n) is 3.10. The Balaban J connectivity index is 2.27. The van der Waals surface area contributed by atoms with Crippen LogP contribution in [-0.2, 0) is 0 Å². The summed E-state index contributed by atoms with van der Waals surface area (Å²) in [5.74, 6) is -0.421. The molecule has 4 heteroatoms. The van der Waals surface area contributed by atoms with Crippen molar-refractivity contribution in [3.8, 4) is 0 Å². The predicted octanol–water partition coefficient (Wildman–Crippen LogP) is 4.06. The highest BCUT2D eigenvalue weighted by Gasteiger charge is 2.43. The van der Waals surface area contributed by atoms with Crippen molar-refractivity contribution in [2.45, 2.75) is 45.6 Å². The summed E-state index contributed by atoms with van der Waals surface area (Å²) >= 11 is 5.88. The van der Waals surface area contributed by atoms with Gasteiger partial charge in [0.1, 0.15) is 5.82 Å². The van der Waals surface area contributed by atoms with Crippen molar-refractivity contribution < 1.29 is 9.50 Å². The van der Waals surface area contributed by atoms with E-state index in [0.717, 1.165) is 25.7 Å². The number of rotatable bonds is 3. The van der Waals surface area contributed by atoms with Gasteiger partial charge in [-0.15, -0.1) is 0 Å². The van der Waals surface area contributed by atoms with Crippen molar-refractivity contribution >= 4 is 11.6 Å². The van der Waals surface area contributed by atoms with Crippen molar-refractivity contribution in [1.82, 2.24) is 0 Å². The van der Waals surface area contributed by atoms with Crippen LogP contribution in [0.2, 0.25) is 5.02 Å². The maximum Gasteiger partial charge on any atom is 0.125 e. The average molecular weight is 300 g/mol. The van der Waals surface area contributed by atoms with Gasteiger partial charge in [0.05, 0.1) is 6.10 Å². The smallest absolute Gasteiger partial charge is 0.125 e. The highest BCUT2D eigenvalue weighted by Crippen LogP contribution is 2.50. The minimum Gasteiger partial charge on any atom is -0.388 e. The van der Waals surface area contributed by atoms with Crippen LogP contribution in [0.4, 0.5) is 4.39 Å². The molecule has 0 radical (unpaired) electrons. The molecule has 2 rings (SSSR count). The van der Waals surface area contributed by atoms with E-state index in [0.29, 0.717) is 17.1 Å². The molecule has 1 atom stereocenters. The largest absolute Gasteiger partial charge is 0.388 e. The van der Waals surface area contributed by atoms with E-state index < -0.39 is 11.9 Å². The Kier molecular flexibility index (Phi) is 4.43. The second-order valence-electron chi connectivity index (χ2n) is 6.84. The van der Waals surface area contributed by atoms with Crippen molar-refractivity contribution in [3.05, 3.63) is 34.6 Å². The monoisotopic (exact) mass is 299 g/mol. The van der Waals surface area contributed by atoms with Crippen LogP contribution < -0.4 is 5.73 Å². The summed E-state index contributed by atoms with van der Waals surface area (Å²) in [5.41, 5.74) is 6.40. The second-order valence-corrected chi connectivity index (χ2v) is 7.27. The Labute approximate surface area is 125 Å². The van der Waals surface area contributed by atoms with Crippen LogP contribution in [0.1, 0.15) is 51.2 Å². The van der Waals surface area contributed by atoms with Gasteiger partial charge < -0.3 is 10.8 Å². The fraction of sp³-hybridized carbons (Fsp3) is 0.625. The molecule has 1 aliphatic rings. The summed E-state index contributed by atoms with van der Waals surface area (Å²) in [6.07, 6.45) is 2.98. The summed E-state index contributed by atoms with van der Waals surface area (Å²) in [6, 6.07) is 4.23. The lowest BCUT2D eigenvalue weighted by atomic mass is 9.62. The Bertz CT molecular complexity index is 459. The number of aliphatic hydroxyl groups is 1. The van der Waals surface area contributed by atoms with Crippen molar-refractivity contribution in [2.75, 3.05) is 6.54 Å². The van der Waals surface area contributed by atoms with Crippen LogP contribution in [0.15, 0.2) is 18.2 Å². The van der Waals surface area contributed by atoms with E-state index in [9.17, 15) is 9.50 Å². The number of aliphatic hydroxyl groups excluding tert-OH is 1. The molecular weight excluding hydrogens is 277 g/mol. The van der Waals surface area contributed by atoms with E-state index in [1.807, 2.05) is 0 Å². The Morgan fingerprint density at radius 1 is 1.25 bits per heavy atom. The van der Waals surface area contributed by atoms with Crippen molar-refractivity contribution in [1.29, 1.82) is 0 Å². The van der Waals surface area contributed by atoms with Crippen molar-refractivity contribution in [2.24, 2.45) is 16.6 Å². The summed E-state index contributed by atoms with van der Waals surface area (Å²) in [6.45, 7) is 4.87. The molecule has 0 amide bonds. The number of nitrogens with two attached hydrogens (primary N) is 1. The van der Waals surface area contributed by atoms with Gasteiger partial charge in [-0.3, -0.25) is 0 Å². The van der Waals surface area contributed by atoms with Crippen LogP contribution in [0.25, 0.3) is 0 Å². The van der Waals surface area contributed by atoms with Gasteiger partial charge in [-0.05, 0) is 54.9 Å². The van der Waals surface area contributed by atoms with E-state index in [1.165, 1.54) is 12.1 Å². The van der Waals surface area contributed by atoms with E-state index in [-0.39, 0.29) is 10.8 Å². The van der Waals surface area contributed by atoms with Crippen LogP contribution in [0, 0.1) is 16.6 Å². The maximum atomic E-state index is 13.5. The van der Waals surface area contributed by atoms with Crippen LogP contribution in [0.5, 0.6) is 0 Å². The lowest BCUT2D eigenvalue weighted by molar-refractivity contribution is -0.0237. The lowest BCUT2D eigenvalue weighted by Gasteiger charge is -2.45. The Morgan fingerprint density at radius 3 is 2.35 bits per heavy atom. The van der Waals surface area contributed by atoms with Gasteiger partial charge in [-0.2, -0.15) is 0 Å². The molecule has 1 aromatic rings. The van der Waals surface area contributed by atoms with Gasteiger partial charge in [-0.1, -0.05) is 25.4 Å². The molecule has 2 nitrogen and oxygen atoms in total. The first kappa shape index (κ1) is 15.7. The number of hydrogen-bond donors (Lipinski definition) is 2. The average Bonchev–Trinajstić information content (AvgIpc) is 2.37. The molecule has 112 valence electrons. The zero-order valence-electron chi connectivity index (χ0n) is 12.1. The molecule has 0 saturated heterocycles. The number of benzene rings is 1. The van der Waals surface area contributed by atoms with Crippen LogP contribution in [0.3, 0.4) is 0 Å². The standard InChI is InChI=1S/C16H23ClFNO/c1-15(2)3-5-16(10-19,6-4-15)14(20)11-7-12(17)9-13(18)8-11/h7-9,14,20H,3-6,10,19H2,1-2H3. The third-order valence-electron chi connectivity index (χ3n) is 4.79. The van der Waals surface area contributed by atoms with Crippen LogP contribution in [-0.4, -0.2) is 11.7 Å². The molecule has 1 fully saturated rings. The highest BCUT2D eigenvalue weighted by atomic mass is 35.5. The maximum absolute atomic E-state index is 13.5. The SMILES string of the molecule is CC1(C)CCC(CN)(C(O)c2cc(F)cc(Cl)c2)CC1. The Morgan fingerprint density at radius 2 is 1.85 bits per heavy atom. The summed E-state index contributed by atoms with van der Waals surface area (Å²) < 4.78 is 13.5. The quantitative estimate of drug-likeness (QED) is 0.884. The zero-order chi connectivity index (χ0) is 15.0. The molecule has 20 heavy (non-hydrogen) atoms. The topological polar surface area (TPSA) is 46.2 Å². The molecule has 3 N–H and O–H groups in total. The van der Waals surface area contributed by atoms with Gasteiger partial charge in [0, 0.05) is 17.0 Å². The molecule has 0 heterocycles. The van der Waals surface area contributed by atoms with Gasteiger partial charge in [0.25, 0.3) is 0 Å². The highest BCUT2D eigenvalue weighted by molar-refractivity contribution is 6.30. The molecule has 1 aliphatic carbocycles. The predicted molar refractivity (Wildman–Crippen MR) is 80.1 cm³/mol. The third-order valence-corrected chi connectivity index (χ3v) is 5.00. The first-order valence-electron chi connectivity index (χ1n) is 7.12. The normalized spacial score (nSPS) is 22.5. The van der Waals surface area contributed by atoms with Crippen molar-refractivity contribution in [3.63, 3.8) is 0 Å². The first-order chi connectivity index (χ1) is 9.28. The van der Waals surface area contributed by atoms with Gasteiger partial charge in [0.15, 0.2) is 0 Å². The Hall–Kier alpha value is -0.640. The van der Waals surface area contributed by atoms with Gasteiger partial charge >= 0.3 is 0 Å². The van der Waals surface area contributed by atoms with E-state index in [4.69, 9.17) is 17.3 Å². The van der Waals surface area contributed by atoms with Gasteiger partial charge in [0.2, 0.25) is 0 Å². The van der Waals surface area contributed by atoms with E-state index in [2.05, 4.69) is 13.8 Å². The second kappa shape index (κ2) is 5.63. The molecule has 1 unspecified atom stereocenters. The molecule has 1 saturated carbocycles. The minimum atomic E-state index is -0.767.